The van der Waals surface area contributed by atoms with E-state index in [0.29, 0.717) is 24.6 Å². The van der Waals surface area contributed by atoms with Crippen LogP contribution in [0.4, 0.5) is 4.79 Å². The quantitative estimate of drug-likeness (QED) is 0.733. The lowest BCUT2D eigenvalue weighted by Gasteiger charge is -2.33. The van der Waals surface area contributed by atoms with E-state index in [1.807, 2.05) is 17.9 Å². The van der Waals surface area contributed by atoms with Crippen molar-refractivity contribution in [3.8, 4) is 0 Å². The van der Waals surface area contributed by atoms with Crippen LogP contribution in [0.3, 0.4) is 0 Å². The maximum absolute atomic E-state index is 12.8. The smallest absolute Gasteiger partial charge is 0.317 e. The first-order valence-corrected chi connectivity index (χ1v) is 11.4. The van der Waals surface area contributed by atoms with Crippen LogP contribution in [0, 0.1) is 12.8 Å². The zero-order valence-corrected chi connectivity index (χ0v) is 18.6. The van der Waals surface area contributed by atoms with Gasteiger partial charge in [-0.3, -0.25) is 4.79 Å². The Morgan fingerprint density at radius 2 is 1.74 bits per heavy atom. The third-order valence-corrected chi connectivity index (χ3v) is 6.58. The predicted octanol–water partition coefficient (Wildman–Crippen LogP) is 3.92. The fourth-order valence-corrected chi connectivity index (χ4v) is 4.75. The van der Waals surface area contributed by atoms with Gasteiger partial charge >= 0.3 is 6.03 Å². The highest BCUT2D eigenvalue weighted by Crippen LogP contribution is 2.23. The van der Waals surface area contributed by atoms with Gasteiger partial charge in [-0.05, 0) is 56.2 Å². The van der Waals surface area contributed by atoms with Crippen LogP contribution >= 0.6 is 11.6 Å². The fraction of sp³-hybridized carbons (Fsp3) is 0.458. The summed E-state index contributed by atoms with van der Waals surface area (Å²) in [6, 6.07) is 14.0. The first-order valence-electron chi connectivity index (χ1n) is 11.0. The average Bonchev–Trinajstić information content (AvgIpc) is 3.23. The zero-order valence-electron chi connectivity index (χ0n) is 17.9. The van der Waals surface area contributed by atoms with Gasteiger partial charge in [-0.15, -0.1) is 0 Å². The number of hydrogen-bond donors (Lipinski definition) is 1. The van der Waals surface area contributed by atoms with Crippen LogP contribution in [0.5, 0.6) is 0 Å². The van der Waals surface area contributed by atoms with Gasteiger partial charge in [0, 0.05) is 37.9 Å². The molecule has 164 valence electrons. The highest BCUT2D eigenvalue weighted by Gasteiger charge is 2.31. The van der Waals surface area contributed by atoms with Crippen LogP contribution in [0.1, 0.15) is 40.9 Å². The molecule has 4 rings (SSSR count). The van der Waals surface area contributed by atoms with Crippen molar-refractivity contribution in [2.45, 2.75) is 38.6 Å². The van der Waals surface area contributed by atoms with Gasteiger partial charge in [-0.2, -0.15) is 0 Å². The molecule has 1 atom stereocenters. The first kappa shape index (κ1) is 21.6. The second-order valence-electron chi connectivity index (χ2n) is 8.60. The van der Waals surface area contributed by atoms with E-state index in [9.17, 15) is 9.59 Å². The van der Waals surface area contributed by atoms with Crippen LogP contribution in [0.15, 0.2) is 42.5 Å². The molecule has 0 radical (unpaired) electrons. The minimum absolute atomic E-state index is 0.0208. The standard InChI is InChI=1S/C24H29ClN4O2/c1-17-7-8-21(22(25)26-17)23(30)29-14-11-20(16-29)27-24(31)28-12-9-19(10-13-28)15-18-5-3-2-4-6-18/h2-8,19-20H,9-16H2,1H3,(H,27,31)/t20-/m1/s1. The number of likely N-dealkylation sites (tertiary alicyclic amines) is 2. The Balaban J connectivity index is 1.24. The molecular formula is C24H29ClN4O2. The maximum atomic E-state index is 12.8. The summed E-state index contributed by atoms with van der Waals surface area (Å²) in [6.07, 6.45) is 3.87. The summed E-state index contributed by atoms with van der Waals surface area (Å²) in [4.78, 5) is 33.3. The molecule has 0 saturated carbocycles. The molecule has 2 aliphatic heterocycles. The van der Waals surface area contributed by atoms with Gasteiger partial charge in [0.1, 0.15) is 5.15 Å². The van der Waals surface area contributed by atoms with E-state index >= 15 is 0 Å². The van der Waals surface area contributed by atoms with E-state index in [-0.39, 0.29) is 23.1 Å². The number of carbonyl (C=O) groups is 2. The van der Waals surface area contributed by atoms with Crippen molar-refractivity contribution in [3.05, 3.63) is 64.4 Å². The van der Waals surface area contributed by atoms with Gasteiger partial charge in [-0.1, -0.05) is 41.9 Å². The molecule has 3 amide bonds. The Labute approximate surface area is 188 Å². The van der Waals surface area contributed by atoms with Gasteiger partial charge in [0.25, 0.3) is 5.91 Å². The Morgan fingerprint density at radius 3 is 2.45 bits per heavy atom. The van der Waals surface area contributed by atoms with Crippen LogP contribution in [-0.2, 0) is 6.42 Å². The van der Waals surface area contributed by atoms with Crippen molar-refractivity contribution in [1.29, 1.82) is 0 Å². The van der Waals surface area contributed by atoms with Crippen molar-refractivity contribution in [3.63, 3.8) is 0 Å². The van der Waals surface area contributed by atoms with Crippen molar-refractivity contribution in [2.24, 2.45) is 5.92 Å². The molecule has 0 spiro atoms. The number of amides is 3. The van der Waals surface area contributed by atoms with Crippen LogP contribution in [0.2, 0.25) is 5.15 Å². The summed E-state index contributed by atoms with van der Waals surface area (Å²) in [5.74, 6) is 0.495. The molecule has 1 aromatic carbocycles. The number of carbonyl (C=O) groups excluding carboxylic acids is 2. The molecule has 6 nitrogen and oxygen atoms in total. The Morgan fingerprint density at radius 1 is 1.03 bits per heavy atom. The number of benzene rings is 1. The van der Waals surface area contributed by atoms with E-state index in [1.54, 1.807) is 17.0 Å². The summed E-state index contributed by atoms with van der Waals surface area (Å²) < 4.78 is 0. The molecule has 2 aromatic rings. The van der Waals surface area contributed by atoms with Gasteiger partial charge in [0.05, 0.1) is 5.56 Å². The van der Waals surface area contributed by atoms with E-state index < -0.39 is 0 Å². The predicted molar refractivity (Wildman–Crippen MR) is 121 cm³/mol. The average molecular weight is 441 g/mol. The summed E-state index contributed by atoms with van der Waals surface area (Å²) in [7, 11) is 0. The van der Waals surface area contributed by atoms with Crippen molar-refractivity contribution < 1.29 is 9.59 Å². The third-order valence-electron chi connectivity index (χ3n) is 6.29. The van der Waals surface area contributed by atoms with Gasteiger partial charge in [-0.25, -0.2) is 9.78 Å². The Bertz CT molecular complexity index is 928. The fourth-order valence-electron chi connectivity index (χ4n) is 4.47. The topological polar surface area (TPSA) is 65.5 Å². The van der Waals surface area contributed by atoms with Gasteiger partial charge < -0.3 is 15.1 Å². The van der Waals surface area contributed by atoms with Crippen LogP contribution in [-0.4, -0.2) is 58.9 Å². The highest BCUT2D eigenvalue weighted by molar-refractivity contribution is 6.32. The van der Waals surface area contributed by atoms with Crippen LogP contribution < -0.4 is 5.32 Å². The summed E-state index contributed by atoms with van der Waals surface area (Å²) in [6.45, 7) is 4.51. The number of urea groups is 1. The molecular weight excluding hydrogens is 412 g/mol. The number of halogens is 1. The first-order chi connectivity index (χ1) is 15.0. The molecule has 2 fully saturated rings. The zero-order chi connectivity index (χ0) is 21.8. The maximum Gasteiger partial charge on any atom is 0.317 e. The van der Waals surface area contributed by atoms with Gasteiger partial charge in [0.15, 0.2) is 0 Å². The van der Waals surface area contributed by atoms with E-state index in [4.69, 9.17) is 11.6 Å². The van der Waals surface area contributed by atoms with Crippen LogP contribution in [0.25, 0.3) is 0 Å². The summed E-state index contributed by atoms with van der Waals surface area (Å²) in [5, 5.41) is 3.35. The largest absolute Gasteiger partial charge is 0.336 e. The molecule has 2 aliphatic rings. The molecule has 0 aliphatic carbocycles. The number of rotatable bonds is 4. The van der Waals surface area contributed by atoms with E-state index in [2.05, 4.69) is 34.6 Å². The van der Waals surface area contributed by atoms with Crippen molar-refractivity contribution in [1.82, 2.24) is 20.1 Å². The Kier molecular flexibility index (Phi) is 6.76. The van der Waals surface area contributed by atoms with Crippen molar-refractivity contribution in [2.75, 3.05) is 26.2 Å². The number of pyridine rings is 1. The number of piperidine rings is 1. The molecule has 0 bridgehead atoms. The lowest BCUT2D eigenvalue weighted by Crippen LogP contribution is -2.48. The molecule has 31 heavy (non-hydrogen) atoms. The number of aryl methyl sites for hydroxylation is 1. The minimum atomic E-state index is -0.129. The summed E-state index contributed by atoms with van der Waals surface area (Å²) in [5.41, 5.74) is 2.56. The number of aromatic nitrogens is 1. The highest BCUT2D eigenvalue weighted by atomic mass is 35.5. The van der Waals surface area contributed by atoms with E-state index in [0.717, 1.165) is 44.5 Å². The third kappa shape index (κ3) is 5.37. The SMILES string of the molecule is Cc1ccc(C(=O)N2CC[C@@H](NC(=O)N3CCC(Cc4ccccc4)CC3)C2)c(Cl)n1. The molecule has 1 N–H and O–H groups in total. The number of nitrogens with zero attached hydrogens (tertiary/aromatic N) is 3. The second kappa shape index (κ2) is 9.69. The number of hydrogen-bond acceptors (Lipinski definition) is 3. The molecule has 7 heteroatoms. The molecule has 0 unspecified atom stereocenters. The molecule has 3 heterocycles. The van der Waals surface area contributed by atoms with E-state index in [1.165, 1.54) is 5.56 Å². The molecule has 2 saturated heterocycles. The lowest BCUT2D eigenvalue weighted by atomic mass is 9.90. The normalized spacial score (nSPS) is 19.5. The lowest BCUT2D eigenvalue weighted by molar-refractivity contribution is 0.0788. The summed E-state index contributed by atoms with van der Waals surface area (Å²) >= 11 is 6.15. The second-order valence-corrected chi connectivity index (χ2v) is 8.96. The number of nitrogens with one attached hydrogen (secondary N) is 1. The monoisotopic (exact) mass is 440 g/mol. The van der Waals surface area contributed by atoms with Crippen molar-refractivity contribution >= 4 is 23.5 Å². The minimum Gasteiger partial charge on any atom is -0.336 e. The van der Waals surface area contributed by atoms with Gasteiger partial charge in [0.2, 0.25) is 0 Å². The Hall–Kier alpha value is -2.60. The molecule has 1 aromatic heterocycles.